The molecule has 0 fully saturated rings. The summed E-state index contributed by atoms with van der Waals surface area (Å²) in [5.41, 5.74) is 3.84. The molecule has 0 aromatic heterocycles. The van der Waals surface area contributed by atoms with Gasteiger partial charge in [0.2, 0.25) is 0 Å². The minimum absolute atomic E-state index is 0.143. The Balaban J connectivity index is 1.58. The molecule has 0 saturated carbocycles. The minimum Gasteiger partial charge on any atom is -0.467 e. The maximum atomic E-state index is 11.3. The van der Waals surface area contributed by atoms with Crippen LogP contribution < -0.4 is 14.8 Å². The molecule has 2 aliphatic heterocycles. The maximum Gasteiger partial charge on any atom is 0.406 e. The number of carbonyl (C=O) groups is 1. The van der Waals surface area contributed by atoms with Crippen molar-refractivity contribution >= 4 is 6.09 Å². The molecule has 0 bridgehead atoms. The minimum atomic E-state index is -0.490. The Morgan fingerprint density at radius 3 is 2.10 bits per heavy atom. The summed E-state index contributed by atoms with van der Waals surface area (Å²) in [7, 11) is 1.51. The topological polar surface area (TPSA) is 84.5 Å². The first-order valence-electron chi connectivity index (χ1n) is 9.37. The molecule has 2 heterocycles. The highest BCUT2D eigenvalue weighted by atomic mass is 16.7. The van der Waals surface area contributed by atoms with Gasteiger partial charge in [-0.3, -0.25) is 0 Å². The summed E-state index contributed by atoms with van der Waals surface area (Å²) >= 11 is 0. The van der Waals surface area contributed by atoms with Crippen molar-refractivity contribution in [1.82, 2.24) is 5.32 Å². The molecule has 2 aromatic carbocycles. The van der Waals surface area contributed by atoms with Crippen molar-refractivity contribution in [3.05, 3.63) is 58.7 Å². The molecule has 0 saturated heterocycles. The molecule has 0 unspecified atom stereocenters. The van der Waals surface area contributed by atoms with E-state index < -0.39 is 6.09 Å². The van der Waals surface area contributed by atoms with Crippen molar-refractivity contribution in [1.29, 1.82) is 0 Å². The van der Waals surface area contributed by atoms with E-state index in [1.165, 1.54) is 7.05 Å². The Bertz CT molecular complexity index is 811. The average molecular weight is 401 g/mol. The van der Waals surface area contributed by atoms with E-state index in [1.54, 1.807) is 0 Å². The van der Waals surface area contributed by atoms with E-state index in [9.17, 15) is 4.79 Å². The SMILES string of the molecule is CNC(=O)OCCOC(c1ccc2c(c1)COCO2)c1ccc2c(c1)COCO2. The molecule has 8 nitrogen and oxygen atoms in total. The lowest BCUT2D eigenvalue weighted by Gasteiger charge is -2.24. The molecule has 4 rings (SSSR count). The summed E-state index contributed by atoms with van der Waals surface area (Å²) in [4.78, 5) is 11.3. The average Bonchev–Trinajstić information content (AvgIpc) is 2.78. The first-order chi connectivity index (χ1) is 14.2. The van der Waals surface area contributed by atoms with E-state index in [1.807, 2.05) is 36.4 Å². The van der Waals surface area contributed by atoms with Crippen molar-refractivity contribution in [2.24, 2.45) is 0 Å². The van der Waals surface area contributed by atoms with E-state index in [-0.39, 0.29) is 32.9 Å². The number of hydrogen-bond acceptors (Lipinski definition) is 7. The highest BCUT2D eigenvalue weighted by Crippen LogP contribution is 2.34. The summed E-state index contributed by atoms with van der Waals surface area (Å²) in [6.45, 7) is 1.88. The largest absolute Gasteiger partial charge is 0.467 e. The molecular formula is C21H23NO7. The van der Waals surface area contributed by atoms with Crippen molar-refractivity contribution in [3.8, 4) is 11.5 Å². The highest BCUT2D eigenvalue weighted by Gasteiger charge is 2.21. The Kier molecular flexibility index (Phi) is 6.14. The van der Waals surface area contributed by atoms with Crippen LogP contribution in [0.4, 0.5) is 4.79 Å². The molecule has 0 radical (unpaired) electrons. The molecule has 1 N–H and O–H groups in total. The summed E-state index contributed by atoms with van der Waals surface area (Å²) in [6.07, 6.45) is -0.848. The zero-order valence-corrected chi connectivity index (χ0v) is 16.1. The van der Waals surface area contributed by atoms with Crippen LogP contribution >= 0.6 is 0 Å². The predicted octanol–water partition coefficient (Wildman–Crippen LogP) is 2.88. The second-order valence-corrected chi connectivity index (χ2v) is 6.59. The molecule has 0 aliphatic carbocycles. The number of ether oxygens (including phenoxy) is 6. The number of hydrogen-bond donors (Lipinski definition) is 1. The Morgan fingerprint density at radius 2 is 1.55 bits per heavy atom. The fraction of sp³-hybridized carbons (Fsp3) is 0.381. The number of carbonyl (C=O) groups excluding carboxylic acids is 1. The van der Waals surface area contributed by atoms with Gasteiger partial charge in [-0.1, -0.05) is 12.1 Å². The number of alkyl carbamates (subject to hydrolysis) is 1. The van der Waals surface area contributed by atoms with Gasteiger partial charge in [-0.15, -0.1) is 0 Å². The quantitative estimate of drug-likeness (QED) is 0.745. The van der Waals surface area contributed by atoms with Crippen molar-refractivity contribution < 1.29 is 33.2 Å². The van der Waals surface area contributed by atoms with E-state index in [4.69, 9.17) is 28.4 Å². The molecule has 2 aromatic rings. The monoisotopic (exact) mass is 401 g/mol. The van der Waals surface area contributed by atoms with Crippen LogP contribution in [0.1, 0.15) is 28.4 Å². The van der Waals surface area contributed by atoms with Gasteiger partial charge in [0.1, 0.15) is 24.2 Å². The van der Waals surface area contributed by atoms with Gasteiger partial charge in [-0.25, -0.2) is 4.79 Å². The van der Waals surface area contributed by atoms with Crippen LogP contribution in [0.25, 0.3) is 0 Å². The number of fused-ring (bicyclic) bond motifs is 2. The van der Waals surface area contributed by atoms with Crippen molar-refractivity contribution in [2.75, 3.05) is 33.8 Å². The van der Waals surface area contributed by atoms with Crippen LogP contribution in [0.15, 0.2) is 36.4 Å². The summed E-state index contributed by atoms with van der Waals surface area (Å²) in [5, 5.41) is 2.41. The van der Waals surface area contributed by atoms with Gasteiger partial charge in [0, 0.05) is 18.2 Å². The molecule has 0 atom stereocenters. The molecule has 154 valence electrons. The van der Waals surface area contributed by atoms with Gasteiger partial charge in [0.25, 0.3) is 0 Å². The molecule has 1 amide bonds. The fourth-order valence-corrected chi connectivity index (χ4v) is 3.30. The predicted molar refractivity (Wildman–Crippen MR) is 102 cm³/mol. The summed E-state index contributed by atoms with van der Waals surface area (Å²) < 4.78 is 33.0. The Morgan fingerprint density at radius 1 is 0.966 bits per heavy atom. The zero-order chi connectivity index (χ0) is 20.1. The van der Waals surface area contributed by atoms with Crippen LogP contribution in [0.3, 0.4) is 0 Å². The summed E-state index contributed by atoms with van der Waals surface area (Å²) in [6, 6.07) is 11.8. The van der Waals surface area contributed by atoms with Gasteiger partial charge < -0.3 is 33.7 Å². The van der Waals surface area contributed by atoms with Gasteiger partial charge in [-0.05, 0) is 35.4 Å². The standard InChI is InChI=1S/C21H23NO7/c1-22-21(23)27-7-6-26-20(14-2-4-18-16(8-14)10-24-12-28-18)15-3-5-19-17(9-15)11-25-13-29-19/h2-5,8-9,20H,6-7,10-13H2,1H3,(H,22,23). The lowest BCUT2D eigenvalue weighted by atomic mass is 9.97. The lowest BCUT2D eigenvalue weighted by molar-refractivity contribution is -0.0168. The number of rotatable bonds is 6. The third kappa shape index (κ3) is 4.61. The van der Waals surface area contributed by atoms with Crippen molar-refractivity contribution in [2.45, 2.75) is 19.3 Å². The second kappa shape index (κ2) is 9.13. The fourth-order valence-electron chi connectivity index (χ4n) is 3.30. The molecule has 29 heavy (non-hydrogen) atoms. The first-order valence-corrected chi connectivity index (χ1v) is 9.37. The third-order valence-corrected chi connectivity index (χ3v) is 4.69. The maximum absolute atomic E-state index is 11.3. The molecular weight excluding hydrogens is 378 g/mol. The van der Waals surface area contributed by atoms with E-state index >= 15 is 0 Å². The zero-order valence-electron chi connectivity index (χ0n) is 16.1. The van der Waals surface area contributed by atoms with Crippen LogP contribution in [0.2, 0.25) is 0 Å². The molecule has 8 heteroatoms. The van der Waals surface area contributed by atoms with Gasteiger partial charge >= 0.3 is 6.09 Å². The van der Waals surface area contributed by atoms with E-state index in [2.05, 4.69) is 5.32 Å². The van der Waals surface area contributed by atoms with Crippen LogP contribution in [-0.2, 0) is 32.2 Å². The van der Waals surface area contributed by atoms with Crippen molar-refractivity contribution in [3.63, 3.8) is 0 Å². The highest BCUT2D eigenvalue weighted by molar-refractivity contribution is 5.66. The Labute approximate surface area is 168 Å². The normalized spacial score (nSPS) is 15.0. The summed E-state index contributed by atoms with van der Waals surface area (Å²) in [5.74, 6) is 1.63. The smallest absolute Gasteiger partial charge is 0.406 e. The third-order valence-electron chi connectivity index (χ3n) is 4.69. The van der Waals surface area contributed by atoms with Crippen LogP contribution in [0, 0.1) is 0 Å². The van der Waals surface area contributed by atoms with E-state index in [0.29, 0.717) is 13.2 Å². The van der Waals surface area contributed by atoms with Gasteiger partial charge in [-0.2, -0.15) is 0 Å². The van der Waals surface area contributed by atoms with Crippen LogP contribution in [0.5, 0.6) is 11.5 Å². The Hall–Kier alpha value is -2.81. The first kappa shape index (κ1) is 19.5. The number of nitrogens with one attached hydrogen (secondary N) is 1. The van der Waals surface area contributed by atoms with E-state index in [0.717, 1.165) is 33.8 Å². The number of amides is 1. The van der Waals surface area contributed by atoms with Crippen LogP contribution in [-0.4, -0.2) is 39.9 Å². The lowest BCUT2D eigenvalue weighted by Crippen LogP contribution is -2.22. The second-order valence-electron chi connectivity index (χ2n) is 6.59. The van der Waals surface area contributed by atoms with Gasteiger partial charge in [0.15, 0.2) is 13.6 Å². The molecule has 0 spiro atoms. The number of benzene rings is 2. The molecule has 2 aliphatic rings. The van der Waals surface area contributed by atoms with Gasteiger partial charge in [0.05, 0.1) is 19.8 Å².